The number of sulfonamides is 2. The Hall–Kier alpha value is -3.46. The number of nitrogens with zero attached hydrogens (tertiary/aromatic N) is 6. The van der Waals surface area contributed by atoms with Crippen LogP contribution in [0.4, 0.5) is 0 Å². The summed E-state index contributed by atoms with van der Waals surface area (Å²) in [5, 5.41) is 8.12. The highest BCUT2D eigenvalue weighted by molar-refractivity contribution is 7.89. The summed E-state index contributed by atoms with van der Waals surface area (Å²) in [6.45, 7) is 1.86. The lowest BCUT2D eigenvalue weighted by molar-refractivity contribution is 0.313. The Kier molecular flexibility index (Phi) is 7.02. The molecule has 4 aromatic rings. The second kappa shape index (κ2) is 10.5. The molecule has 0 aliphatic carbocycles. The van der Waals surface area contributed by atoms with Crippen LogP contribution < -0.4 is 5.56 Å². The lowest BCUT2D eigenvalue weighted by Gasteiger charge is -2.30. The van der Waals surface area contributed by atoms with Crippen molar-refractivity contribution in [1.29, 1.82) is 0 Å². The molecule has 2 fully saturated rings. The van der Waals surface area contributed by atoms with Crippen LogP contribution in [0.25, 0.3) is 11.2 Å². The van der Waals surface area contributed by atoms with Crippen LogP contribution in [-0.4, -0.2) is 76.6 Å². The molecule has 6 rings (SSSR count). The first kappa shape index (κ1) is 26.7. The molecule has 0 bridgehead atoms. The van der Waals surface area contributed by atoms with Crippen LogP contribution in [0.3, 0.4) is 0 Å². The molecule has 0 amide bonds. The highest BCUT2D eigenvalue weighted by Gasteiger charge is 2.32. The van der Waals surface area contributed by atoms with Crippen molar-refractivity contribution in [1.82, 2.24) is 33.6 Å². The summed E-state index contributed by atoms with van der Waals surface area (Å²) < 4.78 is 56.7. The summed E-state index contributed by atoms with van der Waals surface area (Å²) in [6.07, 6.45) is 2.59. The largest absolute Gasteiger partial charge is 0.308 e. The number of nitrogens with one attached hydrogen (secondary N) is 1. The van der Waals surface area contributed by atoms with E-state index in [0.29, 0.717) is 43.9 Å². The second-order valence-corrected chi connectivity index (χ2v) is 14.0. The summed E-state index contributed by atoms with van der Waals surface area (Å²) >= 11 is 0. The number of piperidine rings is 1. The van der Waals surface area contributed by atoms with Gasteiger partial charge in [0.1, 0.15) is 5.82 Å². The van der Waals surface area contributed by atoms with Gasteiger partial charge in [-0.05, 0) is 55.5 Å². The monoisotopic (exact) mass is 583 g/mol. The van der Waals surface area contributed by atoms with Gasteiger partial charge in [0.15, 0.2) is 11.2 Å². The van der Waals surface area contributed by atoms with Crippen molar-refractivity contribution >= 4 is 31.2 Å². The van der Waals surface area contributed by atoms with Crippen LogP contribution in [0.1, 0.15) is 43.0 Å². The summed E-state index contributed by atoms with van der Waals surface area (Å²) in [5.41, 5.74) is 1.17. The van der Waals surface area contributed by atoms with Crippen molar-refractivity contribution in [3.63, 3.8) is 0 Å². The number of rotatable bonds is 7. The lowest BCUT2D eigenvalue weighted by atomic mass is 9.97. The van der Waals surface area contributed by atoms with E-state index in [-0.39, 0.29) is 39.9 Å². The van der Waals surface area contributed by atoms with Gasteiger partial charge < -0.3 is 4.98 Å². The fraction of sp³-hybridized carbons (Fsp3) is 0.385. The Bertz CT molecular complexity index is 1790. The fourth-order valence-corrected chi connectivity index (χ4v) is 8.31. The third kappa shape index (κ3) is 4.96. The van der Waals surface area contributed by atoms with Crippen molar-refractivity contribution in [3.8, 4) is 0 Å². The molecule has 0 unspecified atom stereocenters. The fourth-order valence-electron chi connectivity index (χ4n) is 5.32. The van der Waals surface area contributed by atoms with E-state index in [2.05, 4.69) is 20.3 Å². The smallest absolute Gasteiger partial charge is 0.281 e. The molecule has 4 heterocycles. The number of benzene rings is 2. The van der Waals surface area contributed by atoms with Gasteiger partial charge in [0.2, 0.25) is 20.0 Å². The lowest BCUT2D eigenvalue weighted by Crippen LogP contribution is -2.38. The molecule has 0 saturated carbocycles. The standard InChI is InChI=1S/C26H29N7O5S2/c34-26-23-25(33(30-29-23)18-19-6-2-1-3-7-19)27-24(28-26)20-12-16-32(17-13-20)40(37,38)22-10-8-21(9-11-22)39(35,36)31-14-4-5-15-31/h1-3,6-11,20H,4-5,12-18H2,(H,27,28,34). The molecule has 1 N–H and O–H groups in total. The minimum absolute atomic E-state index is 0.0511. The van der Waals surface area contributed by atoms with Crippen molar-refractivity contribution in [2.45, 2.75) is 47.9 Å². The Morgan fingerprint density at radius 3 is 1.98 bits per heavy atom. The van der Waals surface area contributed by atoms with E-state index in [1.54, 1.807) is 4.68 Å². The molecule has 210 valence electrons. The van der Waals surface area contributed by atoms with E-state index in [4.69, 9.17) is 0 Å². The molecule has 14 heteroatoms. The maximum atomic E-state index is 13.3. The average Bonchev–Trinajstić information content (AvgIpc) is 3.66. The molecular formula is C26H29N7O5S2. The Morgan fingerprint density at radius 1 is 0.800 bits per heavy atom. The minimum atomic E-state index is -3.82. The van der Waals surface area contributed by atoms with Gasteiger partial charge in [-0.1, -0.05) is 35.5 Å². The molecule has 2 aromatic heterocycles. The third-order valence-electron chi connectivity index (χ3n) is 7.57. The van der Waals surface area contributed by atoms with Crippen LogP contribution in [0, 0.1) is 0 Å². The van der Waals surface area contributed by atoms with Gasteiger partial charge in [-0.25, -0.2) is 26.5 Å². The first-order chi connectivity index (χ1) is 19.2. The van der Waals surface area contributed by atoms with E-state index in [1.165, 1.54) is 32.9 Å². The predicted molar refractivity (Wildman–Crippen MR) is 147 cm³/mol. The van der Waals surface area contributed by atoms with Crippen LogP contribution in [0.15, 0.2) is 69.2 Å². The Morgan fingerprint density at radius 2 is 1.38 bits per heavy atom. The van der Waals surface area contributed by atoms with E-state index in [1.807, 2.05) is 30.3 Å². The molecule has 12 nitrogen and oxygen atoms in total. The van der Waals surface area contributed by atoms with E-state index < -0.39 is 20.0 Å². The molecule has 2 saturated heterocycles. The maximum absolute atomic E-state index is 13.3. The molecule has 2 aliphatic heterocycles. The zero-order chi connectivity index (χ0) is 27.9. The normalized spacial score (nSPS) is 18.0. The second-order valence-electron chi connectivity index (χ2n) is 10.1. The first-order valence-electron chi connectivity index (χ1n) is 13.2. The zero-order valence-corrected chi connectivity index (χ0v) is 23.3. The van der Waals surface area contributed by atoms with Gasteiger partial charge in [-0.2, -0.15) is 8.61 Å². The molecule has 0 atom stereocenters. The molecule has 2 aliphatic rings. The van der Waals surface area contributed by atoms with Gasteiger partial charge in [0, 0.05) is 32.1 Å². The number of hydrogen-bond acceptors (Lipinski definition) is 8. The summed E-state index contributed by atoms with van der Waals surface area (Å²) in [7, 11) is -7.44. The summed E-state index contributed by atoms with van der Waals surface area (Å²) in [4.78, 5) is 20.4. The highest BCUT2D eigenvalue weighted by Crippen LogP contribution is 2.30. The van der Waals surface area contributed by atoms with Gasteiger partial charge in [-0.3, -0.25) is 4.79 Å². The highest BCUT2D eigenvalue weighted by atomic mass is 32.2. The maximum Gasteiger partial charge on any atom is 0.281 e. The molecular weight excluding hydrogens is 554 g/mol. The Balaban J connectivity index is 1.17. The Labute approximate surface area is 231 Å². The molecule has 0 radical (unpaired) electrons. The van der Waals surface area contributed by atoms with Crippen molar-refractivity contribution < 1.29 is 16.8 Å². The van der Waals surface area contributed by atoms with Crippen LogP contribution >= 0.6 is 0 Å². The van der Waals surface area contributed by atoms with Crippen LogP contribution in [-0.2, 0) is 26.6 Å². The van der Waals surface area contributed by atoms with Crippen LogP contribution in [0.5, 0.6) is 0 Å². The van der Waals surface area contributed by atoms with Gasteiger partial charge in [0.05, 0.1) is 16.3 Å². The van der Waals surface area contributed by atoms with E-state index >= 15 is 0 Å². The van der Waals surface area contributed by atoms with Gasteiger partial charge in [0.25, 0.3) is 5.56 Å². The average molecular weight is 584 g/mol. The van der Waals surface area contributed by atoms with E-state index in [0.717, 1.165) is 18.4 Å². The minimum Gasteiger partial charge on any atom is -0.308 e. The first-order valence-corrected chi connectivity index (χ1v) is 16.1. The van der Waals surface area contributed by atoms with Gasteiger partial charge >= 0.3 is 0 Å². The van der Waals surface area contributed by atoms with Crippen molar-refractivity contribution in [3.05, 3.63) is 76.3 Å². The number of fused-ring (bicyclic) bond motifs is 1. The predicted octanol–water partition coefficient (Wildman–Crippen LogP) is 1.92. The topological polar surface area (TPSA) is 151 Å². The zero-order valence-electron chi connectivity index (χ0n) is 21.7. The van der Waals surface area contributed by atoms with Crippen molar-refractivity contribution in [2.75, 3.05) is 26.2 Å². The number of H-pyrrole nitrogens is 1. The quantitative estimate of drug-likeness (QED) is 0.347. The number of hydrogen-bond donors (Lipinski definition) is 1. The SMILES string of the molecule is O=c1[nH]c(C2CCN(S(=O)(=O)c3ccc(S(=O)(=O)N4CCCC4)cc3)CC2)nc2c1nnn2Cc1ccccc1. The number of aromatic nitrogens is 5. The third-order valence-corrected chi connectivity index (χ3v) is 11.4. The van der Waals surface area contributed by atoms with E-state index in [9.17, 15) is 21.6 Å². The van der Waals surface area contributed by atoms with Gasteiger partial charge in [-0.15, -0.1) is 5.10 Å². The summed E-state index contributed by atoms with van der Waals surface area (Å²) in [6, 6.07) is 15.1. The van der Waals surface area contributed by atoms with Crippen molar-refractivity contribution in [2.24, 2.45) is 0 Å². The molecule has 0 spiro atoms. The number of aromatic amines is 1. The van der Waals surface area contributed by atoms with Crippen LogP contribution in [0.2, 0.25) is 0 Å². The molecule has 40 heavy (non-hydrogen) atoms. The molecule has 2 aromatic carbocycles. The summed E-state index contributed by atoms with van der Waals surface area (Å²) in [5.74, 6) is 0.347.